The predicted octanol–water partition coefficient (Wildman–Crippen LogP) is 1.79. The minimum Gasteiger partial charge on any atom is -0.454 e. The first-order chi connectivity index (χ1) is 8.74. The lowest BCUT2D eigenvalue weighted by molar-refractivity contribution is 0.174. The van der Waals surface area contributed by atoms with Crippen LogP contribution in [0, 0.1) is 0 Å². The summed E-state index contributed by atoms with van der Waals surface area (Å²) in [4.78, 5) is 0. The van der Waals surface area contributed by atoms with Crippen LogP contribution in [0.3, 0.4) is 0 Å². The molecule has 1 aromatic rings. The van der Waals surface area contributed by atoms with E-state index in [0.29, 0.717) is 6.79 Å². The van der Waals surface area contributed by atoms with Gasteiger partial charge in [0, 0.05) is 17.0 Å². The van der Waals surface area contributed by atoms with E-state index < -0.39 is 0 Å². The van der Waals surface area contributed by atoms with Crippen molar-refractivity contribution in [2.24, 2.45) is 0 Å². The summed E-state index contributed by atoms with van der Waals surface area (Å²) in [5, 5.41) is 12.6. The van der Waals surface area contributed by atoms with Gasteiger partial charge in [-0.05, 0) is 24.7 Å². The monoisotopic (exact) mass is 269 g/mol. The molecule has 0 amide bonds. The fraction of sp³-hybridized carbons (Fsp3) is 0.538. The fourth-order valence-corrected chi connectivity index (χ4v) is 2.77. The number of benzene rings is 1. The summed E-state index contributed by atoms with van der Waals surface area (Å²) in [6.07, 6.45) is 0. The number of aliphatic hydroxyl groups excluding tert-OH is 1. The van der Waals surface area contributed by atoms with E-state index in [1.165, 1.54) is 5.56 Å². The van der Waals surface area contributed by atoms with Crippen molar-refractivity contribution < 1.29 is 14.6 Å². The van der Waals surface area contributed by atoms with Gasteiger partial charge < -0.3 is 19.9 Å². The molecule has 0 aromatic heterocycles. The summed E-state index contributed by atoms with van der Waals surface area (Å²) >= 11 is 1.75. The zero-order valence-electron chi connectivity index (χ0n) is 10.7. The second kappa shape index (κ2) is 6.31. The highest BCUT2D eigenvalue weighted by Gasteiger charge is 2.17. The van der Waals surface area contributed by atoms with Crippen molar-refractivity contribution in [2.75, 3.05) is 26.2 Å². The van der Waals surface area contributed by atoms with Crippen LogP contribution in [0.5, 0.6) is 11.5 Å². The van der Waals surface area contributed by atoms with E-state index in [9.17, 15) is 0 Å². The summed E-state index contributed by atoms with van der Waals surface area (Å²) < 4.78 is 10.7. The van der Waals surface area contributed by atoms with Gasteiger partial charge in [-0.1, -0.05) is 13.0 Å². The van der Waals surface area contributed by atoms with E-state index in [4.69, 9.17) is 14.6 Å². The van der Waals surface area contributed by atoms with Gasteiger partial charge in [-0.15, -0.1) is 0 Å². The van der Waals surface area contributed by atoms with E-state index in [1.807, 2.05) is 26.1 Å². The average molecular weight is 269 g/mol. The quantitative estimate of drug-likeness (QED) is 0.824. The number of rotatable bonds is 6. The standard InChI is InChI=1S/C13H19NO3S/c1-9(6-15)18-7-11(14-2)10-3-4-12-13(5-10)17-8-16-12/h3-5,9,11,14-15H,6-8H2,1-2H3. The predicted molar refractivity (Wildman–Crippen MR) is 73.4 cm³/mol. The Morgan fingerprint density at radius 2 is 2.17 bits per heavy atom. The third kappa shape index (κ3) is 3.10. The van der Waals surface area contributed by atoms with Crippen LogP contribution in [0.25, 0.3) is 0 Å². The molecule has 0 spiro atoms. The summed E-state index contributed by atoms with van der Waals surface area (Å²) in [5.41, 5.74) is 1.18. The van der Waals surface area contributed by atoms with Crippen molar-refractivity contribution in [3.05, 3.63) is 23.8 Å². The SMILES string of the molecule is CNC(CSC(C)CO)c1ccc2c(c1)OCO2. The van der Waals surface area contributed by atoms with Crippen molar-refractivity contribution in [3.8, 4) is 11.5 Å². The van der Waals surface area contributed by atoms with Crippen molar-refractivity contribution >= 4 is 11.8 Å². The Balaban J connectivity index is 2.03. The number of hydrogen-bond donors (Lipinski definition) is 2. The van der Waals surface area contributed by atoms with E-state index in [-0.39, 0.29) is 17.9 Å². The number of fused-ring (bicyclic) bond motifs is 1. The van der Waals surface area contributed by atoms with Gasteiger partial charge in [-0.25, -0.2) is 0 Å². The molecule has 100 valence electrons. The molecule has 1 heterocycles. The number of hydrogen-bond acceptors (Lipinski definition) is 5. The lowest BCUT2D eigenvalue weighted by Crippen LogP contribution is -2.20. The Labute approximate surface area is 112 Å². The third-order valence-electron chi connectivity index (χ3n) is 2.95. The van der Waals surface area contributed by atoms with Crippen LogP contribution in [0.2, 0.25) is 0 Å². The van der Waals surface area contributed by atoms with Crippen LogP contribution in [0.15, 0.2) is 18.2 Å². The molecule has 1 aliphatic rings. The maximum Gasteiger partial charge on any atom is 0.231 e. The van der Waals surface area contributed by atoms with Gasteiger partial charge >= 0.3 is 0 Å². The number of thioether (sulfide) groups is 1. The first-order valence-corrected chi connectivity index (χ1v) is 7.08. The van der Waals surface area contributed by atoms with Gasteiger partial charge in [-0.2, -0.15) is 11.8 Å². The van der Waals surface area contributed by atoms with E-state index in [1.54, 1.807) is 11.8 Å². The number of ether oxygens (including phenoxy) is 2. The number of aliphatic hydroxyl groups is 1. The molecule has 0 aliphatic carbocycles. The highest BCUT2D eigenvalue weighted by Crippen LogP contribution is 2.34. The zero-order valence-corrected chi connectivity index (χ0v) is 11.5. The Hall–Kier alpha value is -0.910. The molecule has 2 rings (SSSR count). The van der Waals surface area contributed by atoms with Crippen LogP contribution in [-0.2, 0) is 0 Å². The first kappa shape index (κ1) is 13.5. The van der Waals surface area contributed by atoms with Crippen LogP contribution in [-0.4, -0.2) is 36.6 Å². The summed E-state index contributed by atoms with van der Waals surface area (Å²) in [7, 11) is 1.94. The summed E-state index contributed by atoms with van der Waals surface area (Å²) in [6.45, 7) is 2.54. The van der Waals surface area contributed by atoms with Crippen molar-refractivity contribution in [1.29, 1.82) is 0 Å². The van der Waals surface area contributed by atoms with Crippen molar-refractivity contribution in [3.63, 3.8) is 0 Å². The Kier molecular flexibility index (Phi) is 4.74. The molecule has 0 fully saturated rings. The average Bonchev–Trinajstić information content (AvgIpc) is 2.86. The third-order valence-corrected chi connectivity index (χ3v) is 4.20. The Bertz CT molecular complexity index is 400. The topological polar surface area (TPSA) is 50.7 Å². The molecule has 18 heavy (non-hydrogen) atoms. The molecule has 4 nitrogen and oxygen atoms in total. The zero-order chi connectivity index (χ0) is 13.0. The molecule has 2 atom stereocenters. The van der Waals surface area contributed by atoms with E-state index >= 15 is 0 Å². The lowest BCUT2D eigenvalue weighted by atomic mass is 10.1. The molecule has 2 unspecified atom stereocenters. The Morgan fingerprint density at radius 3 is 2.89 bits per heavy atom. The molecule has 2 N–H and O–H groups in total. The summed E-state index contributed by atoms with van der Waals surface area (Å²) in [6, 6.07) is 6.27. The van der Waals surface area contributed by atoms with Gasteiger partial charge in [0.05, 0.1) is 6.61 Å². The minimum absolute atomic E-state index is 0.211. The maximum absolute atomic E-state index is 9.04. The summed E-state index contributed by atoms with van der Waals surface area (Å²) in [5.74, 6) is 2.54. The molecule has 5 heteroatoms. The molecular weight excluding hydrogens is 250 g/mol. The smallest absolute Gasteiger partial charge is 0.231 e. The minimum atomic E-state index is 0.211. The highest BCUT2D eigenvalue weighted by atomic mass is 32.2. The molecule has 1 aliphatic heterocycles. The molecular formula is C13H19NO3S. The highest BCUT2D eigenvalue weighted by molar-refractivity contribution is 7.99. The second-order valence-corrected chi connectivity index (χ2v) is 5.75. The normalized spacial score (nSPS) is 16.6. The Morgan fingerprint density at radius 1 is 1.39 bits per heavy atom. The van der Waals surface area contributed by atoms with E-state index in [0.717, 1.165) is 17.3 Å². The second-order valence-electron chi connectivity index (χ2n) is 4.28. The first-order valence-electron chi connectivity index (χ1n) is 6.04. The van der Waals surface area contributed by atoms with Crippen LogP contribution in [0.1, 0.15) is 18.5 Å². The van der Waals surface area contributed by atoms with Gasteiger partial charge in [0.15, 0.2) is 11.5 Å². The van der Waals surface area contributed by atoms with E-state index in [2.05, 4.69) is 11.4 Å². The van der Waals surface area contributed by atoms with Crippen LogP contribution in [0.4, 0.5) is 0 Å². The van der Waals surface area contributed by atoms with Crippen LogP contribution >= 0.6 is 11.8 Å². The molecule has 0 saturated heterocycles. The molecule has 0 saturated carbocycles. The largest absolute Gasteiger partial charge is 0.454 e. The van der Waals surface area contributed by atoms with Crippen molar-refractivity contribution in [1.82, 2.24) is 5.32 Å². The molecule has 0 bridgehead atoms. The fourth-order valence-electron chi connectivity index (χ4n) is 1.79. The van der Waals surface area contributed by atoms with Gasteiger partial charge in [0.1, 0.15) is 0 Å². The molecule has 0 radical (unpaired) electrons. The van der Waals surface area contributed by atoms with Gasteiger partial charge in [-0.3, -0.25) is 0 Å². The lowest BCUT2D eigenvalue weighted by Gasteiger charge is -2.18. The maximum atomic E-state index is 9.04. The molecule has 1 aromatic carbocycles. The van der Waals surface area contributed by atoms with Gasteiger partial charge in [0.2, 0.25) is 6.79 Å². The van der Waals surface area contributed by atoms with Gasteiger partial charge in [0.25, 0.3) is 0 Å². The van der Waals surface area contributed by atoms with Crippen molar-refractivity contribution in [2.45, 2.75) is 18.2 Å². The number of nitrogens with one attached hydrogen (secondary N) is 1. The van der Waals surface area contributed by atoms with Crippen LogP contribution < -0.4 is 14.8 Å².